The summed E-state index contributed by atoms with van der Waals surface area (Å²) in [5.74, 6) is -1.12. The molecule has 0 fully saturated rings. The van der Waals surface area contributed by atoms with Crippen LogP contribution in [0.5, 0.6) is 5.75 Å². The van der Waals surface area contributed by atoms with Gasteiger partial charge in [-0.05, 0) is 6.07 Å². The molecular formula is C14H15Cl3N4O3. The van der Waals surface area contributed by atoms with Crippen molar-refractivity contribution in [2.24, 2.45) is 7.05 Å². The molecule has 0 unspecified atom stereocenters. The van der Waals surface area contributed by atoms with E-state index in [0.29, 0.717) is 0 Å². The van der Waals surface area contributed by atoms with Crippen molar-refractivity contribution in [1.82, 2.24) is 4.57 Å². The van der Waals surface area contributed by atoms with E-state index in [-0.39, 0.29) is 57.9 Å². The first-order chi connectivity index (χ1) is 10.8. The number of phenols is 1. The summed E-state index contributed by atoms with van der Waals surface area (Å²) in [6, 6.07) is 1.32. The SMILES string of the molecule is CC(=O)Nc1c(Cl)cc(NC(=O)Cn2cc[n+](C)c2)c(O)c1Cl.[Cl-]. The Morgan fingerprint density at radius 2 is 2.00 bits per heavy atom. The summed E-state index contributed by atoms with van der Waals surface area (Å²) in [6.07, 6.45) is 5.26. The number of amides is 2. The molecule has 24 heavy (non-hydrogen) atoms. The van der Waals surface area contributed by atoms with E-state index in [1.807, 2.05) is 7.05 Å². The Hall–Kier alpha value is -1.96. The highest BCUT2D eigenvalue weighted by atomic mass is 35.5. The van der Waals surface area contributed by atoms with Crippen molar-refractivity contribution in [3.63, 3.8) is 0 Å². The summed E-state index contributed by atoms with van der Waals surface area (Å²) >= 11 is 12.0. The zero-order chi connectivity index (χ0) is 17.1. The van der Waals surface area contributed by atoms with Crippen LogP contribution in [0.1, 0.15) is 6.92 Å². The van der Waals surface area contributed by atoms with Crippen LogP contribution in [-0.4, -0.2) is 21.5 Å². The quantitative estimate of drug-likeness (QED) is 0.456. The predicted molar refractivity (Wildman–Crippen MR) is 86.7 cm³/mol. The number of aromatic hydroxyl groups is 1. The third kappa shape index (κ3) is 4.77. The van der Waals surface area contributed by atoms with Gasteiger partial charge < -0.3 is 28.1 Å². The Morgan fingerprint density at radius 3 is 2.54 bits per heavy atom. The normalized spacial score (nSPS) is 10.0. The van der Waals surface area contributed by atoms with Crippen LogP contribution < -0.4 is 27.6 Å². The van der Waals surface area contributed by atoms with Crippen LogP contribution in [0.2, 0.25) is 10.0 Å². The standard InChI is InChI=1S/C14H14Cl2N4O3.ClH/c1-8(21)17-13-9(15)5-10(14(23)12(13)16)18-11(22)6-20-4-3-19(2)7-20;/h3-5,7H,6H2,1-2H3,(H2-,17,18,21,22,23);1H. The van der Waals surface area contributed by atoms with E-state index < -0.39 is 0 Å². The molecule has 3 N–H and O–H groups in total. The van der Waals surface area contributed by atoms with E-state index in [4.69, 9.17) is 23.2 Å². The topological polar surface area (TPSA) is 87.2 Å². The fraction of sp³-hybridized carbons (Fsp3) is 0.214. The highest BCUT2D eigenvalue weighted by Gasteiger charge is 2.18. The third-order valence-corrected chi connectivity index (χ3v) is 3.58. The van der Waals surface area contributed by atoms with Crippen LogP contribution in [0, 0.1) is 0 Å². The minimum absolute atomic E-state index is 0. The number of carbonyl (C=O) groups excluding carboxylic acids is 2. The summed E-state index contributed by atoms with van der Waals surface area (Å²) in [7, 11) is 1.83. The monoisotopic (exact) mass is 392 g/mol. The molecule has 2 amide bonds. The highest BCUT2D eigenvalue weighted by molar-refractivity contribution is 6.41. The average molecular weight is 394 g/mol. The van der Waals surface area contributed by atoms with Gasteiger partial charge in [0.2, 0.25) is 12.2 Å². The molecule has 0 aliphatic heterocycles. The van der Waals surface area contributed by atoms with Crippen LogP contribution in [0.4, 0.5) is 11.4 Å². The Bertz CT molecular complexity index is 777. The van der Waals surface area contributed by atoms with Crippen LogP contribution >= 0.6 is 23.2 Å². The Morgan fingerprint density at radius 1 is 1.33 bits per heavy atom. The molecule has 130 valence electrons. The third-order valence-electron chi connectivity index (χ3n) is 2.92. The van der Waals surface area contributed by atoms with Gasteiger partial charge in [-0.1, -0.05) is 23.2 Å². The molecule has 0 aliphatic rings. The van der Waals surface area contributed by atoms with Gasteiger partial charge in [0.25, 0.3) is 5.91 Å². The van der Waals surface area contributed by atoms with E-state index in [2.05, 4.69) is 10.6 Å². The summed E-state index contributed by atoms with van der Waals surface area (Å²) < 4.78 is 3.46. The van der Waals surface area contributed by atoms with Crippen molar-refractivity contribution in [2.75, 3.05) is 10.6 Å². The second-order valence-corrected chi connectivity index (χ2v) is 5.71. The van der Waals surface area contributed by atoms with Crippen molar-refractivity contribution in [3.8, 4) is 5.75 Å². The lowest BCUT2D eigenvalue weighted by Gasteiger charge is -2.13. The van der Waals surface area contributed by atoms with Gasteiger partial charge in [-0.3, -0.25) is 9.59 Å². The Labute approximate surface area is 154 Å². The van der Waals surface area contributed by atoms with Gasteiger partial charge in [0.05, 0.1) is 23.4 Å². The first kappa shape index (κ1) is 20.1. The molecule has 0 aliphatic carbocycles. The fourth-order valence-corrected chi connectivity index (χ4v) is 2.50. The number of imidazole rings is 1. The smallest absolute Gasteiger partial charge is 0.266 e. The zero-order valence-electron chi connectivity index (χ0n) is 12.8. The van der Waals surface area contributed by atoms with E-state index in [0.717, 1.165) is 0 Å². The van der Waals surface area contributed by atoms with Crippen molar-refractivity contribution in [3.05, 3.63) is 34.8 Å². The second-order valence-electron chi connectivity index (χ2n) is 4.92. The molecule has 7 nitrogen and oxygen atoms in total. The lowest BCUT2D eigenvalue weighted by atomic mass is 10.2. The van der Waals surface area contributed by atoms with Crippen LogP contribution in [0.15, 0.2) is 24.8 Å². The molecule has 0 atom stereocenters. The van der Waals surface area contributed by atoms with Crippen LogP contribution in [0.25, 0.3) is 0 Å². The average Bonchev–Trinajstić information content (AvgIpc) is 2.85. The van der Waals surface area contributed by atoms with Gasteiger partial charge in [0.15, 0.2) is 12.3 Å². The summed E-state index contributed by atoms with van der Waals surface area (Å²) in [5, 5.41) is 15.0. The number of hydrogen-bond acceptors (Lipinski definition) is 3. The highest BCUT2D eigenvalue weighted by Crippen LogP contribution is 2.42. The molecule has 1 aromatic carbocycles. The number of hydrogen-bond donors (Lipinski definition) is 3. The lowest BCUT2D eigenvalue weighted by molar-refractivity contribution is -0.671. The van der Waals surface area contributed by atoms with E-state index in [1.165, 1.54) is 13.0 Å². The number of aryl methyl sites for hydroxylation is 1. The molecule has 0 saturated heterocycles. The van der Waals surface area contributed by atoms with Gasteiger partial charge in [0.1, 0.15) is 17.4 Å². The molecule has 1 aromatic heterocycles. The lowest BCUT2D eigenvalue weighted by Crippen LogP contribution is -3.00. The molecule has 0 radical (unpaired) electrons. The van der Waals surface area contributed by atoms with Gasteiger partial charge in [-0.2, -0.15) is 0 Å². The first-order valence-corrected chi connectivity index (χ1v) is 7.33. The van der Waals surface area contributed by atoms with E-state index >= 15 is 0 Å². The van der Waals surface area contributed by atoms with Gasteiger partial charge in [-0.15, -0.1) is 0 Å². The van der Waals surface area contributed by atoms with Crippen molar-refractivity contribution < 1.29 is 31.7 Å². The number of rotatable bonds is 4. The number of anilines is 2. The van der Waals surface area contributed by atoms with Crippen LogP contribution in [0.3, 0.4) is 0 Å². The molecule has 0 saturated carbocycles. The number of phenolic OH excluding ortho intramolecular Hbond substituents is 1. The van der Waals surface area contributed by atoms with Gasteiger partial charge in [0, 0.05) is 6.92 Å². The minimum Gasteiger partial charge on any atom is -1.00 e. The van der Waals surface area contributed by atoms with Crippen LogP contribution in [-0.2, 0) is 23.2 Å². The number of carbonyl (C=O) groups is 2. The maximum atomic E-state index is 12.0. The number of nitrogens with zero attached hydrogens (tertiary/aromatic N) is 2. The maximum absolute atomic E-state index is 12.0. The molecule has 10 heteroatoms. The number of nitrogens with one attached hydrogen (secondary N) is 2. The number of halogens is 3. The minimum atomic E-state index is -0.384. The van der Waals surface area contributed by atoms with Crippen molar-refractivity contribution in [1.29, 1.82) is 0 Å². The predicted octanol–water partition coefficient (Wildman–Crippen LogP) is -1.07. The van der Waals surface area contributed by atoms with E-state index in [9.17, 15) is 14.7 Å². The molecule has 0 bridgehead atoms. The summed E-state index contributed by atoms with van der Waals surface area (Å²) in [5.41, 5.74) is 0.157. The van der Waals surface area contributed by atoms with Crippen molar-refractivity contribution in [2.45, 2.75) is 13.5 Å². The molecule has 0 spiro atoms. The maximum Gasteiger partial charge on any atom is 0.266 e. The van der Waals surface area contributed by atoms with Gasteiger partial charge in [-0.25, -0.2) is 9.13 Å². The fourth-order valence-electron chi connectivity index (χ4n) is 1.95. The second kappa shape index (κ2) is 8.23. The number of benzene rings is 1. The largest absolute Gasteiger partial charge is 1.00 e. The number of aromatic nitrogens is 2. The van der Waals surface area contributed by atoms with Gasteiger partial charge >= 0.3 is 0 Å². The molecule has 2 rings (SSSR count). The Balaban J connectivity index is 0.00000288. The Kier molecular flexibility index (Phi) is 6.89. The zero-order valence-corrected chi connectivity index (χ0v) is 15.1. The molecule has 2 aromatic rings. The molecule has 1 heterocycles. The van der Waals surface area contributed by atoms with E-state index in [1.54, 1.807) is 27.9 Å². The van der Waals surface area contributed by atoms with Crippen molar-refractivity contribution >= 4 is 46.4 Å². The summed E-state index contributed by atoms with van der Waals surface area (Å²) in [6.45, 7) is 1.35. The first-order valence-electron chi connectivity index (χ1n) is 6.57. The molecular weight excluding hydrogens is 379 g/mol. The summed E-state index contributed by atoms with van der Waals surface area (Å²) in [4.78, 5) is 23.1.